The van der Waals surface area contributed by atoms with Gasteiger partial charge >= 0.3 is 5.97 Å². The molecule has 32 heavy (non-hydrogen) atoms. The average molecular weight is 477 g/mol. The first-order chi connectivity index (χ1) is 14.8. The third kappa shape index (κ3) is 10.9. The molecule has 5 amide bonds. The molecule has 10 N–H and O–H groups in total. The summed E-state index contributed by atoms with van der Waals surface area (Å²) < 4.78 is 0. The van der Waals surface area contributed by atoms with Crippen LogP contribution in [-0.2, 0) is 28.8 Å². The van der Waals surface area contributed by atoms with Crippen molar-refractivity contribution in [3.63, 3.8) is 0 Å². The Kier molecular flexibility index (Phi) is 13.0. The van der Waals surface area contributed by atoms with Crippen molar-refractivity contribution in [2.45, 2.75) is 63.7 Å². The number of aliphatic carboxylic acids is 1. The monoisotopic (exact) mass is 476 g/mol. The summed E-state index contributed by atoms with van der Waals surface area (Å²) in [7, 11) is 0. The van der Waals surface area contributed by atoms with Crippen molar-refractivity contribution in [3.05, 3.63) is 0 Å². The molecule has 0 aliphatic carbocycles. The first kappa shape index (κ1) is 29.1. The molecule has 0 rings (SSSR count). The minimum absolute atomic E-state index is 0.0454. The SMILES string of the molecule is CC(C)C(NC(=O)C(N)CS)C(=O)NC(CCC(N)=O)C(=O)NC(CCC(N)=O)C(=O)O. The van der Waals surface area contributed by atoms with E-state index < -0.39 is 65.6 Å². The van der Waals surface area contributed by atoms with Gasteiger partial charge in [0.15, 0.2) is 0 Å². The quantitative estimate of drug-likeness (QED) is 0.113. The van der Waals surface area contributed by atoms with Gasteiger partial charge in [-0.2, -0.15) is 12.6 Å². The van der Waals surface area contributed by atoms with Crippen molar-refractivity contribution in [1.82, 2.24) is 16.0 Å². The molecule has 4 atom stereocenters. The third-order valence-electron chi connectivity index (χ3n) is 4.39. The fraction of sp³-hybridized carbons (Fsp3) is 0.667. The van der Waals surface area contributed by atoms with Crippen LogP contribution in [0.3, 0.4) is 0 Å². The Hall–Kier alpha value is -2.87. The lowest BCUT2D eigenvalue weighted by atomic mass is 10.0. The Balaban J connectivity index is 5.48. The molecule has 0 heterocycles. The largest absolute Gasteiger partial charge is 0.480 e. The van der Waals surface area contributed by atoms with Crippen LogP contribution in [-0.4, -0.2) is 70.5 Å². The highest BCUT2D eigenvalue weighted by atomic mass is 32.1. The lowest BCUT2D eigenvalue weighted by Gasteiger charge is -2.26. The van der Waals surface area contributed by atoms with Gasteiger partial charge in [-0.05, 0) is 18.8 Å². The Morgan fingerprint density at radius 3 is 1.69 bits per heavy atom. The van der Waals surface area contributed by atoms with Crippen LogP contribution in [0.1, 0.15) is 39.5 Å². The molecule has 0 bridgehead atoms. The summed E-state index contributed by atoms with van der Waals surface area (Å²) in [4.78, 5) is 70.9. The number of carbonyl (C=O) groups excluding carboxylic acids is 5. The van der Waals surface area contributed by atoms with Gasteiger partial charge in [0, 0.05) is 18.6 Å². The van der Waals surface area contributed by atoms with Crippen molar-refractivity contribution in [2.24, 2.45) is 23.1 Å². The highest BCUT2D eigenvalue weighted by Crippen LogP contribution is 2.07. The van der Waals surface area contributed by atoms with E-state index in [9.17, 15) is 33.9 Å². The molecule has 0 saturated heterocycles. The lowest BCUT2D eigenvalue weighted by Crippen LogP contribution is -2.58. The van der Waals surface area contributed by atoms with Crippen LogP contribution in [0.25, 0.3) is 0 Å². The first-order valence-corrected chi connectivity index (χ1v) is 10.5. The van der Waals surface area contributed by atoms with Gasteiger partial charge in [-0.3, -0.25) is 24.0 Å². The van der Waals surface area contributed by atoms with E-state index in [-0.39, 0.29) is 31.4 Å². The van der Waals surface area contributed by atoms with E-state index in [0.717, 1.165) is 0 Å². The van der Waals surface area contributed by atoms with Crippen LogP contribution >= 0.6 is 12.6 Å². The second kappa shape index (κ2) is 14.2. The van der Waals surface area contributed by atoms with Gasteiger partial charge in [0.2, 0.25) is 29.5 Å². The molecule has 0 spiro atoms. The molecule has 13 nitrogen and oxygen atoms in total. The highest BCUT2D eigenvalue weighted by molar-refractivity contribution is 7.80. The lowest BCUT2D eigenvalue weighted by molar-refractivity contribution is -0.143. The average Bonchev–Trinajstić information content (AvgIpc) is 2.70. The standard InChI is InChI=1S/C18H32N6O7S/c1-8(2)14(24-15(27)9(19)7-32)17(29)22-10(3-5-12(20)25)16(28)23-11(18(30)31)4-6-13(21)26/h8-11,14,32H,3-7,19H2,1-2H3,(H2,20,25)(H2,21,26)(H,22,29)(H,23,28)(H,24,27)(H,30,31). The summed E-state index contributed by atoms with van der Waals surface area (Å²) in [5.74, 6) is -5.52. The molecule has 14 heteroatoms. The maximum absolute atomic E-state index is 12.8. The number of carboxylic acids is 1. The summed E-state index contributed by atoms with van der Waals surface area (Å²) in [5, 5.41) is 16.3. The Morgan fingerprint density at radius 2 is 1.28 bits per heavy atom. The fourth-order valence-corrected chi connectivity index (χ4v) is 2.68. The van der Waals surface area contributed by atoms with E-state index in [1.807, 2.05) is 0 Å². The van der Waals surface area contributed by atoms with Gasteiger partial charge in [0.05, 0.1) is 6.04 Å². The predicted molar refractivity (Wildman–Crippen MR) is 117 cm³/mol. The summed E-state index contributed by atoms with van der Waals surface area (Å²) >= 11 is 3.93. The van der Waals surface area contributed by atoms with Crippen molar-refractivity contribution in [2.75, 3.05) is 5.75 Å². The highest BCUT2D eigenvalue weighted by Gasteiger charge is 2.31. The molecule has 0 aromatic rings. The van der Waals surface area contributed by atoms with Crippen LogP contribution in [0.2, 0.25) is 0 Å². The van der Waals surface area contributed by atoms with Crippen molar-refractivity contribution in [3.8, 4) is 0 Å². The number of amides is 5. The molecule has 0 aliphatic rings. The Labute approximate surface area is 191 Å². The molecule has 0 saturated carbocycles. The van der Waals surface area contributed by atoms with Crippen LogP contribution in [0, 0.1) is 5.92 Å². The Bertz CT molecular complexity index is 718. The first-order valence-electron chi connectivity index (χ1n) is 9.87. The van der Waals surface area contributed by atoms with Gasteiger partial charge in [-0.1, -0.05) is 13.8 Å². The molecule has 0 aromatic heterocycles. The summed E-state index contributed by atoms with van der Waals surface area (Å²) in [6.07, 6.45) is -1.05. The Morgan fingerprint density at radius 1 is 0.812 bits per heavy atom. The summed E-state index contributed by atoms with van der Waals surface area (Å²) in [6, 6.07) is -4.80. The molecule has 0 aliphatic heterocycles. The van der Waals surface area contributed by atoms with Crippen molar-refractivity contribution in [1.29, 1.82) is 0 Å². The zero-order valence-electron chi connectivity index (χ0n) is 18.0. The van der Waals surface area contributed by atoms with Gasteiger partial charge in [-0.25, -0.2) is 4.79 Å². The topological polar surface area (TPSA) is 237 Å². The number of primary amides is 2. The van der Waals surface area contributed by atoms with Crippen LogP contribution in [0.15, 0.2) is 0 Å². The fourth-order valence-electron chi connectivity index (χ4n) is 2.51. The van der Waals surface area contributed by atoms with Crippen LogP contribution in [0.5, 0.6) is 0 Å². The third-order valence-corrected chi connectivity index (χ3v) is 4.78. The number of thiol groups is 1. The molecular weight excluding hydrogens is 444 g/mol. The maximum atomic E-state index is 12.8. The van der Waals surface area contributed by atoms with Crippen molar-refractivity contribution >= 4 is 48.1 Å². The van der Waals surface area contributed by atoms with Gasteiger partial charge in [0.1, 0.15) is 18.1 Å². The normalized spacial score (nSPS) is 14.5. The van der Waals surface area contributed by atoms with Gasteiger partial charge in [0.25, 0.3) is 0 Å². The van der Waals surface area contributed by atoms with Crippen LogP contribution < -0.4 is 33.2 Å². The number of rotatable bonds is 15. The molecule has 4 unspecified atom stereocenters. The van der Waals surface area contributed by atoms with E-state index in [0.29, 0.717) is 0 Å². The number of hydrogen-bond acceptors (Lipinski definition) is 8. The smallest absolute Gasteiger partial charge is 0.326 e. The zero-order chi connectivity index (χ0) is 25.0. The number of nitrogens with two attached hydrogens (primary N) is 3. The number of carboxylic acid groups (broad SMARTS) is 1. The van der Waals surface area contributed by atoms with E-state index in [2.05, 4.69) is 28.6 Å². The van der Waals surface area contributed by atoms with E-state index in [1.54, 1.807) is 13.8 Å². The summed E-state index contributed by atoms with van der Waals surface area (Å²) in [6.45, 7) is 3.30. The molecular formula is C18H32N6O7S. The second-order valence-electron chi connectivity index (χ2n) is 7.49. The predicted octanol–water partition coefficient (Wildman–Crippen LogP) is -3.03. The number of carbonyl (C=O) groups is 6. The minimum Gasteiger partial charge on any atom is -0.480 e. The summed E-state index contributed by atoms with van der Waals surface area (Å²) in [5.41, 5.74) is 15.7. The number of nitrogens with one attached hydrogen (secondary N) is 3. The van der Waals surface area contributed by atoms with Gasteiger partial charge < -0.3 is 38.3 Å². The van der Waals surface area contributed by atoms with E-state index >= 15 is 0 Å². The van der Waals surface area contributed by atoms with E-state index in [4.69, 9.17) is 17.2 Å². The zero-order valence-corrected chi connectivity index (χ0v) is 18.9. The molecule has 0 aromatic carbocycles. The second-order valence-corrected chi connectivity index (χ2v) is 7.86. The maximum Gasteiger partial charge on any atom is 0.326 e. The number of hydrogen-bond donors (Lipinski definition) is 8. The van der Waals surface area contributed by atoms with Crippen LogP contribution in [0.4, 0.5) is 0 Å². The molecule has 0 radical (unpaired) electrons. The van der Waals surface area contributed by atoms with Gasteiger partial charge in [-0.15, -0.1) is 0 Å². The van der Waals surface area contributed by atoms with Crippen molar-refractivity contribution < 1.29 is 33.9 Å². The molecule has 0 fully saturated rings. The van der Waals surface area contributed by atoms with E-state index in [1.165, 1.54) is 0 Å². The minimum atomic E-state index is -1.45. The molecule has 182 valence electrons.